The molecule has 2 rings (SSSR count). The summed E-state index contributed by atoms with van der Waals surface area (Å²) in [5.41, 5.74) is 0. The Morgan fingerprint density at radius 3 is 2.62 bits per heavy atom. The number of nitrogens with zero attached hydrogens (tertiary/aromatic N) is 3. The van der Waals surface area contributed by atoms with Crippen molar-refractivity contribution in [2.24, 2.45) is 5.92 Å². The number of ether oxygens (including phenoxy) is 1. The van der Waals surface area contributed by atoms with E-state index in [0.29, 0.717) is 5.92 Å². The van der Waals surface area contributed by atoms with Crippen molar-refractivity contribution in [3.05, 3.63) is 11.6 Å². The van der Waals surface area contributed by atoms with Crippen molar-refractivity contribution in [2.45, 2.75) is 69.7 Å². The summed E-state index contributed by atoms with van der Waals surface area (Å²) in [4.78, 5) is 0. The van der Waals surface area contributed by atoms with E-state index >= 15 is 0 Å². The Balaban J connectivity index is 1.97. The quantitative estimate of drug-likeness (QED) is 0.651. The monoisotopic (exact) mass is 357 g/mol. The molecule has 120 valence electrons. The van der Waals surface area contributed by atoms with Crippen molar-refractivity contribution in [3.8, 4) is 0 Å². The SMILES string of the molecule is CCCCC1CCC(c2nnc(CBr)n2CCOC)CC1. The summed E-state index contributed by atoms with van der Waals surface area (Å²) in [6, 6.07) is 0. The number of halogens is 1. The third-order valence-corrected chi connectivity index (χ3v) is 5.17. The van der Waals surface area contributed by atoms with E-state index in [2.05, 4.69) is 37.6 Å². The third-order valence-electron chi connectivity index (χ3n) is 4.67. The summed E-state index contributed by atoms with van der Waals surface area (Å²) in [6.45, 7) is 3.86. The number of hydrogen-bond acceptors (Lipinski definition) is 3. The highest BCUT2D eigenvalue weighted by Crippen LogP contribution is 2.37. The predicted octanol–water partition coefficient (Wildman–Crippen LogP) is 4.28. The number of hydrogen-bond donors (Lipinski definition) is 0. The summed E-state index contributed by atoms with van der Waals surface area (Å²) < 4.78 is 7.49. The van der Waals surface area contributed by atoms with Crippen LogP contribution in [-0.2, 0) is 16.6 Å². The maximum absolute atomic E-state index is 5.23. The Kier molecular flexibility index (Phi) is 7.17. The molecule has 1 aromatic rings. The molecule has 5 heteroatoms. The zero-order chi connectivity index (χ0) is 15.1. The van der Waals surface area contributed by atoms with Gasteiger partial charge in [0.2, 0.25) is 0 Å². The fourth-order valence-corrected chi connectivity index (χ4v) is 3.79. The van der Waals surface area contributed by atoms with Crippen molar-refractivity contribution in [1.29, 1.82) is 0 Å². The average molecular weight is 358 g/mol. The van der Waals surface area contributed by atoms with Crippen LogP contribution in [0.15, 0.2) is 0 Å². The molecule has 4 nitrogen and oxygen atoms in total. The van der Waals surface area contributed by atoms with E-state index in [9.17, 15) is 0 Å². The minimum absolute atomic E-state index is 0.583. The van der Waals surface area contributed by atoms with Gasteiger partial charge in [0.05, 0.1) is 11.9 Å². The first kappa shape index (κ1) is 16.9. The Morgan fingerprint density at radius 2 is 2.00 bits per heavy atom. The lowest BCUT2D eigenvalue weighted by atomic mass is 9.79. The molecule has 0 radical (unpaired) electrons. The third kappa shape index (κ3) is 4.52. The fourth-order valence-electron chi connectivity index (χ4n) is 3.38. The lowest BCUT2D eigenvalue weighted by molar-refractivity contribution is 0.184. The molecular weight excluding hydrogens is 330 g/mol. The van der Waals surface area contributed by atoms with E-state index in [1.54, 1.807) is 7.11 Å². The standard InChI is InChI=1S/C16H28BrN3O/c1-3-4-5-13-6-8-14(9-7-13)16-19-18-15(12-17)20(16)10-11-21-2/h13-14H,3-12H2,1-2H3. The zero-order valence-corrected chi connectivity index (χ0v) is 14.9. The second-order valence-electron chi connectivity index (χ2n) is 6.11. The Morgan fingerprint density at radius 1 is 1.24 bits per heavy atom. The van der Waals surface area contributed by atoms with E-state index in [1.807, 2.05) is 0 Å². The molecule has 21 heavy (non-hydrogen) atoms. The van der Waals surface area contributed by atoms with Crippen molar-refractivity contribution in [1.82, 2.24) is 14.8 Å². The predicted molar refractivity (Wildman–Crippen MR) is 88.8 cm³/mol. The van der Waals surface area contributed by atoms with Gasteiger partial charge < -0.3 is 9.30 Å². The molecule has 0 saturated heterocycles. The molecule has 0 bridgehead atoms. The van der Waals surface area contributed by atoms with Crippen LogP contribution in [0.1, 0.15) is 69.4 Å². The lowest BCUT2D eigenvalue weighted by Gasteiger charge is -2.28. The van der Waals surface area contributed by atoms with Crippen molar-refractivity contribution < 1.29 is 4.74 Å². The molecule has 0 aromatic carbocycles. The molecule has 0 unspecified atom stereocenters. The molecule has 0 spiro atoms. The van der Waals surface area contributed by atoms with E-state index < -0.39 is 0 Å². The zero-order valence-electron chi connectivity index (χ0n) is 13.4. The number of alkyl halides is 1. The normalized spacial score (nSPS) is 22.6. The van der Waals surface area contributed by atoms with Gasteiger partial charge >= 0.3 is 0 Å². The lowest BCUT2D eigenvalue weighted by Crippen LogP contribution is -2.19. The van der Waals surface area contributed by atoms with Gasteiger partial charge in [0.1, 0.15) is 11.6 Å². The Bertz CT molecular complexity index is 414. The first-order valence-electron chi connectivity index (χ1n) is 8.27. The molecule has 1 fully saturated rings. The van der Waals surface area contributed by atoms with E-state index in [4.69, 9.17) is 4.74 Å². The summed E-state index contributed by atoms with van der Waals surface area (Å²) in [7, 11) is 1.75. The highest BCUT2D eigenvalue weighted by molar-refractivity contribution is 9.08. The summed E-state index contributed by atoms with van der Waals surface area (Å²) in [5.74, 6) is 3.72. The van der Waals surface area contributed by atoms with Crippen LogP contribution in [0.3, 0.4) is 0 Å². The van der Waals surface area contributed by atoms with Crippen molar-refractivity contribution >= 4 is 15.9 Å². The fraction of sp³-hybridized carbons (Fsp3) is 0.875. The van der Waals surface area contributed by atoms with E-state index in [0.717, 1.165) is 30.2 Å². The minimum Gasteiger partial charge on any atom is -0.383 e. The van der Waals surface area contributed by atoms with Gasteiger partial charge in [-0.05, 0) is 31.6 Å². The largest absolute Gasteiger partial charge is 0.383 e. The average Bonchev–Trinajstić information content (AvgIpc) is 2.94. The summed E-state index contributed by atoms with van der Waals surface area (Å²) >= 11 is 3.51. The highest BCUT2D eigenvalue weighted by Gasteiger charge is 2.26. The van der Waals surface area contributed by atoms with Gasteiger partial charge in [-0.15, -0.1) is 10.2 Å². The molecule has 1 aliphatic rings. The van der Waals surface area contributed by atoms with Crippen LogP contribution in [0.25, 0.3) is 0 Å². The Labute approximate surface area is 136 Å². The highest BCUT2D eigenvalue weighted by atomic mass is 79.9. The number of methoxy groups -OCH3 is 1. The van der Waals surface area contributed by atoms with Gasteiger partial charge in [0.25, 0.3) is 0 Å². The van der Waals surface area contributed by atoms with E-state index in [1.165, 1.54) is 50.8 Å². The topological polar surface area (TPSA) is 39.9 Å². The smallest absolute Gasteiger partial charge is 0.143 e. The van der Waals surface area contributed by atoms with Crippen LogP contribution in [0.2, 0.25) is 0 Å². The van der Waals surface area contributed by atoms with Gasteiger partial charge in [-0.1, -0.05) is 42.1 Å². The van der Waals surface area contributed by atoms with Crippen LogP contribution >= 0.6 is 15.9 Å². The maximum atomic E-state index is 5.23. The van der Waals surface area contributed by atoms with Gasteiger partial charge in [0, 0.05) is 19.6 Å². The van der Waals surface area contributed by atoms with Gasteiger partial charge in [0.15, 0.2) is 0 Å². The van der Waals surface area contributed by atoms with Crippen LogP contribution in [0.4, 0.5) is 0 Å². The van der Waals surface area contributed by atoms with Crippen LogP contribution < -0.4 is 0 Å². The van der Waals surface area contributed by atoms with Crippen molar-refractivity contribution in [3.63, 3.8) is 0 Å². The van der Waals surface area contributed by atoms with Gasteiger partial charge in [-0.25, -0.2) is 0 Å². The van der Waals surface area contributed by atoms with Crippen LogP contribution in [0, 0.1) is 5.92 Å². The number of aromatic nitrogens is 3. The summed E-state index contributed by atoms with van der Waals surface area (Å²) in [5, 5.41) is 9.58. The molecule has 1 aromatic heterocycles. The van der Waals surface area contributed by atoms with Crippen molar-refractivity contribution in [2.75, 3.05) is 13.7 Å². The molecule has 0 amide bonds. The first-order valence-corrected chi connectivity index (χ1v) is 9.39. The van der Waals surface area contributed by atoms with E-state index in [-0.39, 0.29) is 0 Å². The molecule has 1 heterocycles. The molecule has 1 aliphatic carbocycles. The molecule has 0 N–H and O–H groups in total. The molecular formula is C16H28BrN3O. The number of rotatable bonds is 8. The minimum atomic E-state index is 0.583. The maximum Gasteiger partial charge on any atom is 0.143 e. The van der Waals surface area contributed by atoms with Gasteiger partial charge in [-0.3, -0.25) is 0 Å². The Hall–Kier alpha value is -0.420. The second-order valence-corrected chi connectivity index (χ2v) is 6.67. The first-order chi connectivity index (χ1) is 10.3. The van der Waals surface area contributed by atoms with Crippen LogP contribution in [-0.4, -0.2) is 28.5 Å². The van der Waals surface area contributed by atoms with Crippen LogP contribution in [0.5, 0.6) is 0 Å². The molecule has 0 atom stereocenters. The van der Waals surface area contributed by atoms with Gasteiger partial charge in [-0.2, -0.15) is 0 Å². The molecule has 1 saturated carbocycles. The molecule has 0 aliphatic heterocycles. The summed E-state index contributed by atoms with van der Waals surface area (Å²) in [6.07, 6.45) is 9.35. The number of unbranched alkanes of at least 4 members (excludes halogenated alkanes) is 1. The second kappa shape index (κ2) is 8.89.